The smallest absolute Gasteiger partial charge is 0.161 e. The Hall–Kier alpha value is -0.600. The van der Waals surface area contributed by atoms with Crippen LogP contribution in [0.5, 0.6) is 0 Å². The molecule has 2 heterocycles. The molecule has 2 aliphatic heterocycles. The van der Waals surface area contributed by atoms with Gasteiger partial charge in [0.15, 0.2) is 15.0 Å². The third-order valence-corrected chi connectivity index (χ3v) is 6.88. The second-order valence-corrected chi connectivity index (χ2v) is 8.87. The highest BCUT2D eigenvalue weighted by Gasteiger charge is 2.49. The zero-order chi connectivity index (χ0) is 13.8. The van der Waals surface area contributed by atoms with E-state index in [1.54, 1.807) is 12.1 Å². The quantitative estimate of drug-likeness (QED) is 0.829. The SMILES string of the molecule is N=C1S[C@H]2CS(=O)(=O)C[C@H]2N1c1ccc(Br)cc1F. The first-order valence-electron chi connectivity index (χ1n) is 5.57. The van der Waals surface area contributed by atoms with E-state index in [9.17, 15) is 12.8 Å². The standard InChI is InChI=1S/C11H10BrFN2O2S2/c12-6-1-2-8(7(13)3-6)15-9-4-19(16,17)5-10(9)18-11(15)14/h1-3,9-10,14H,4-5H2/t9-,10+/m1/s1. The summed E-state index contributed by atoms with van der Waals surface area (Å²) >= 11 is 4.39. The number of anilines is 1. The number of halogens is 2. The molecule has 0 amide bonds. The highest BCUT2D eigenvalue weighted by Crippen LogP contribution is 2.41. The molecule has 0 spiro atoms. The molecule has 1 aromatic carbocycles. The van der Waals surface area contributed by atoms with Crippen LogP contribution in [0.3, 0.4) is 0 Å². The van der Waals surface area contributed by atoms with Gasteiger partial charge >= 0.3 is 0 Å². The van der Waals surface area contributed by atoms with Crippen molar-refractivity contribution in [3.63, 3.8) is 0 Å². The van der Waals surface area contributed by atoms with E-state index in [-0.39, 0.29) is 33.7 Å². The van der Waals surface area contributed by atoms with E-state index >= 15 is 0 Å². The molecule has 0 bridgehead atoms. The Bertz CT molecular complexity index is 665. The van der Waals surface area contributed by atoms with Crippen LogP contribution in [0.4, 0.5) is 10.1 Å². The fourth-order valence-corrected chi connectivity index (χ4v) is 6.58. The van der Waals surface area contributed by atoms with E-state index in [1.807, 2.05) is 0 Å². The largest absolute Gasteiger partial charge is 0.313 e. The minimum absolute atomic E-state index is 0.0114. The molecular formula is C11H10BrFN2O2S2. The van der Waals surface area contributed by atoms with E-state index < -0.39 is 15.7 Å². The van der Waals surface area contributed by atoms with Crippen LogP contribution in [0.1, 0.15) is 0 Å². The van der Waals surface area contributed by atoms with Crippen LogP contribution in [-0.4, -0.2) is 36.4 Å². The number of hydrogen-bond acceptors (Lipinski definition) is 4. The number of nitrogens with one attached hydrogen (secondary N) is 1. The Morgan fingerprint density at radius 3 is 2.84 bits per heavy atom. The number of nitrogens with zero attached hydrogens (tertiary/aromatic N) is 1. The zero-order valence-electron chi connectivity index (χ0n) is 9.64. The molecule has 0 aromatic heterocycles. The third kappa shape index (κ3) is 2.30. The maximum atomic E-state index is 14.0. The minimum Gasteiger partial charge on any atom is -0.313 e. The van der Waals surface area contributed by atoms with Crippen molar-refractivity contribution in [3.05, 3.63) is 28.5 Å². The number of fused-ring (bicyclic) bond motifs is 1. The van der Waals surface area contributed by atoms with Crippen molar-refractivity contribution in [2.24, 2.45) is 0 Å². The van der Waals surface area contributed by atoms with Crippen molar-refractivity contribution in [1.82, 2.24) is 0 Å². The van der Waals surface area contributed by atoms with E-state index in [0.717, 1.165) is 0 Å². The van der Waals surface area contributed by atoms with E-state index in [1.165, 1.54) is 22.7 Å². The maximum absolute atomic E-state index is 14.0. The van der Waals surface area contributed by atoms with Crippen LogP contribution >= 0.6 is 27.7 Å². The zero-order valence-corrected chi connectivity index (χ0v) is 12.9. The molecule has 2 aliphatic rings. The highest BCUT2D eigenvalue weighted by atomic mass is 79.9. The van der Waals surface area contributed by atoms with Crippen LogP contribution in [0.15, 0.2) is 22.7 Å². The Balaban J connectivity index is 2.02. The molecule has 102 valence electrons. The molecule has 1 N–H and O–H groups in total. The lowest BCUT2D eigenvalue weighted by molar-refractivity contribution is 0.600. The van der Waals surface area contributed by atoms with Crippen LogP contribution in [0.2, 0.25) is 0 Å². The summed E-state index contributed by atoms with van der Waals surface area (Å²) < 4.78 is 37.9. The summed E-state index contributed by atoms with van der Waals surface area (Å²) in [6.07, 6.45) is 0. The number of hydrogen-bond donors (Lipinski definition) is 1. The lowest BCUT2D eigenvalue weighted by atomic mass is 10.2. The summed E-state index contributed by atoms with van der Waals surface area (Å²) in [5.74, 6) is -0.397. The van der Waals surface area contributed by atoms with Crippen molar-refractivity contribution in [2.45, 2.75) is 11.3 Å². The molecule has 0 radical (unpaired) electrons. The van der Waals surface area contributed by atoms with Gasteiger partial charge in [-0.2, -0.15) is 0 Å². The molecule has 4 nitrogen and oxygen atoms in total. The van der Waals surface area contributed by atoms with E-state index in [2.05, 4.69) is 15.9 Å². The van der Waals surface area contributed by atoms with Crippen molar-refractivity contribution < 1.29 is 12.8 Å². The molecule has 2 atom stereocenters. The molecule has 0 unspecified atom stereocenters. The minimum atomic E-state index is -3.08. The fraction of sp³-hybridized carbons (Fsp3) is 0.364. The summed E-state index contributed by atoms with van der Waals surface area (Å²) in [5.41, 5.74) is 0.269. The van der Waals surface area contributed by atoms with Gasteiger partial charge in [-0.3, -0.25) is 5.41 Å². The van der Waals surface area contributed by atoms with Gasteiger partial charge in [0.05, 0.1) is 23.2 Å². The molecule has 0 aliphatic carbocycles. The predicted octanol–water partition coefficient (Wildman–Crippen LogP) is 2.24. The second-order valence-electron chi connectivity index (χ2n) is 4.57. The van der Waals surface area contributed by atoms with E-state index in [4.69, 9.17) is 5.41 Å². The fourth-order valence-electron chi connectivity index (χ4n) is 2.47. The van der Waals surface area contributed by atoms with Crippen molar-refractivity contribution in [2.75, 3.05) is 16.4 Å². The lowest BCUT2D eigenvalue weighted by Crippen LogP contribution is -2.37. The average Bonchev–Trinajstić information content (AvgIpc) is 2.70. The van der Waals surface area contributed by atoms with E-state index in [0.29, 0.717) is 4.47 Å². The molecule has 2 saturated heterocycles. The summed E-state index contributed by atoms with van der Waals surface area (Å²) in [4.78, 5) is 1.50. The first kappa shape index (κ1) is 13.4. The summed E-state index contributed by atoms with van der Waals surface area (Å²) in [6, 6.07) is 4.25. The molecule has 19 heavy (non-hydrogen) atoms. The maximum Gasteiger partial charge on any atom is 0.161 e. The van der Waals surface area contributed by atoms with Gasteiger partial charge in [-0.15, -0.1) is 0 Å². The van der Waals surface area contributed by atoms with Crippen molar-refractivity contribution in [1.29, 1.82) is 5.41 Å². The monoisotopic (exact) mass is 364 g/mol. The van der Waals surface area contributed by atoms with Crippen LogP contribution in [0.25, 0.3) is 0 Å². The number of thioether (sulfide) groups is 1. The molecule has 2 fully saturated rings. The van der Waals surface area contributed by atoms with Gasteiger partial charge < -0.3 is 4.90 Å². The van der Waals surface area contributed by atoms with Gasteiger partial charge in [0.1, 0.15) is 5.82 Å². The second kappa shape index (κ2) is 4.46. The molecular weight excluding hydrogens is 355 g/mol. The van der Waals surface area contributed by atoms with Gasteiger partial charge in [0, 0.05) is 9.72 Å². The Morgan fingerprint density at radius 1 is 1.42 bits per heavy atom. The summed E-state index contributed by atoms with van der Waals surface area (Å²) in [6.45, 7) is 0. The Kier molecular flexibility index (Phi) is 3.14. The average molecular weight is 365 g/mol. The topological polar surface area (TPSA) is 61.2 Å². The molecule has 8 heteroatoms. The normalized spacial score (nSPS) is 28.7. The Labute approximate surface area is 122 Å². The van der Waals surface area contributed by atoms with Crippen LogP contribution < -0.4 is 4.90 Å². The van der Waals surface area contributed by atoms with Crippen molar-refractivity contribution in [3.8, 4) is 0 Å². The summed E-state index contributed by atoms with van der Waals surface area (Å²) in [7, 11) is -3.08. The predicted molar refractivity (Wildman–Crippen MR) is 78.1 cm³/mol. The lowest BCUT2D eigenvalue weighted by Gasteiger charge is -2.24. The van der Waals surface area contributed by atoms with Gasteiger partial charge in [-0.1, -0.05) is 27.7 Å². The van der Waals surface area contributed by atoms with Crippen LogP contribution in [-0.2, 0) is 9.84 Å². The van der Waals surface area contributed by atoms with Gasteiger partial charge in [0.25, 0.3) is 0 Å². The first-order valence-corrected chi connectivity index (χ1v) is 9.07. The Morgan fingerprint density at radius 2 is 2.16 bits per heavy atom. The highest BCUT2D eigenvalue weighted by molar-refractivity contribution is 9.10. The molecule has 0 saturated carbocycles. The molecule has 1 aromatic rings. The third-order valence-electron chi connectivity index (χ3n) is 3.25. The van der Waals surface area contributed by atoms with Gasteiger partial charge in [0.2, 0.25) is 0 Å². The van der Waals surface area contributed by atoms with Gasteiger partial charge in [-0.25, -0.2) is 12.8 Å². The first-order chi connectivity index (χ1) is 8.87. The van der Waals surface area contributed by atoms with Crippen LogP contribution in [0, 0.1) is 11.2 Å². The van der Waals surface area contributed by atoms with Gasteiger partial charge in [-0.05, 0) is 18.2 Å². The van der Waals surface area contributed by atoms with Crippen molar-refractivity contribution >= 4 is 48.4 Å². The number of amidine groups is 1. The number of benzene rings is 1. The summed E-state index contributed by atoms with van der Waals surface area (Å²) in [5, 5.41) is 7.98. The number of sulfone groups is 1. The number of rotatable bonds is 1. The molecule has 3 rings (SSSR count).